The van der Waals surface area contributed by atoms with Crippen molar-refractivity contribution in [1.82, 2.24) is 10.2 Å². The van der Waals surface area contributed by atoms with Crippen LogP contribution in [0.3, 0.4) is 0 Å². The lowest BCUT2D eigenvalue weighted by Crippen LogP contribution is -2.55. The zero-order valence-electron chi connectivity index (χ0n) is 12.4. The molecule has 0 amide bonds. The lowest BCUT2D eigenvalue weighted by atomic mass is 10.0. The second-order valence-electron chi connectivity index (χ2n) is 6.17. The molecule has 0 bridgehead atoms. The summed E-state index contributed by atoms with van der Waals surface area (Å²) in [5.41, 5.74) is 0.152. The minimum absolute atomic E-state index is 0.130. The van der Waals surface area contributed by atoms with Gasteiger partial charge in [-0.15, -0.1) is 0 Å². The highest BCUT2D eigenvalue weighted by molar-refractivity contribution is 7.91. The van der Waals surface area contributed by atoms with E-state index in [-0.39, 0.29) is 11.6 Å². The van der Waals surface area contributed by atoms with Gasteiger partial charge in [0.1, 0.15) is 0 Å². The maximum atomic E-state index is 11.6. The summed E-state index contributed by atoms with van der Waals surface area (Å²) in [4.78, 5) is 2.31. The number of hydrogen-bond acceptors (Lipinski definition) is 4. The topological polar surface area (TPSA) is 49.4 Å². The van der Waals surface area contributed by atoms with Crippen LogP contribution in [0.25, 0.3) is 0 Å². The van der Waals surface area contributed by atoms with E-state index in [1.807, 2.05) is 6.92 Å². The number of nitrogens with zero attached hydrogens (tertiary/aromatic N) is 1. The van der Waals surface area contributed by atoms with E-state index in [0.29, 0.717) is 24.1 Å². The normalized spacial score (nSPS) is 27.1. The van der Waals surface area contributed by atoms with E-state index in [1.165, 1.54) is 0 Å². The van der Waals surface area contributed by atoms with E-state index in [1.54, 1.807) is 0 Å². The Balaban J connectivity index is 2.50. The number of nitrogens with one attached hydrogen (secondary N) is 1. The first-order chi connectivity index (χ1) is 8.17. The third-order valence-corrected chi connectivity index (χ3v) is 5.84. The molecule has 1 aliphatic rings. The molecule has 2 atom stereocenters. The molecule has 1 rings (SSSR count). The van der Waals surface area contributed by atoms with Gasteiger partial charge in [0, 0.05) is 30.7 Å². The summed E-state index contributed by atoms with van der Waals surface area (Å²) >= 11 is 0. The fourth-order valence-electron chi connectivity index (χ4n) is 2.33. The fraction of sp³-hybridized carbons (Fsp3) is 1.00. The van der Waals surface area contributed by atoms with Gasteiger partial charge in [0.05, 0.1) is 11.5 Å². The van der Waals surface area contributed by atoms with Crippen LogP contribution < -0.4 is 5.32 Å². The van der Waals surface area contributed by atoms with Crippen molar-refractivity contribution in [1.29, 1.82) is 0 Å². The molecular weight excluding hydrogens is 248 g/mol. The Morgan fingerprint density at radius 1 is 1.44 bits per heavy atom. The molecule has 108 valence electrons. The van der Waals surface area contributed by atoms with Crippen LogP contribution in [0.15, 0.2) is 0 Å². The molecule has 0 spiro atoms. The molecule has 1 N–H and O–H groups in total. The number of sulfone groups is 1. The Hall–Kier alpha value is -0.130. The van der Waals surface area contributed by atoms with Crippen molar-refractivity contribution < 1.29 is 8.42 Å². The summed E-state index contributed by atoms with van der Waals surface area (Å²) < 4.78 is 23.1. The largest absolute Gasteiger partial charge is 0.310 e. The average Bonchev–Trinajstić information content (AvgIpc) is 2.25. The second-order valence-corrected chi connectivity index (χ2v) is 8.40. The van der Waals surface area contributed by atoms with Crippen LogP contribution in [0.4, 0.5) is 0 Å². The van der Waals surface area contributed by atoms with Gasteiger partial charge in [0.2, 0.25) is 0 Å². The zero-order chi connectivity index (χ0) is 14.0. The first kappa shape index (κ1) is 15.9. The van der Waals surface area contributed by atoms with Crippen LogP contribution in [0.2, 0.25) is 0 Å². The summed E-state index contributed by atoms with van der Waals surface area (Å²) in [6, 6.07) is 0.506. The Bertz CT molecular complexity index is 365. The zero-order valence-corrected chi connectivity index (χ0v) is 13.2. The van der Waals surface area contributed by atoms with E-state index in [2.05, 4.69) is 37.9 Å². The van der Waals surface area contributed by atoms with Gasteiger partial charge in [-0.3, -0.25) is 4.90 Å². The van der Waals surface area contributed by atoms with Gasteiger partial charge in [-0.25, -0.2) is 8.42 Å². The molecule has 0 saturated carbocycles. The Morgan fingerprint density at radius 2 is 2.06 bits per heavy atom. The van der Waals surface area contributed by atoms with Crippen molar-refractivity contribution in [3.8, 4) is 0 Å². The molecule has 0 aromatic carbocycles. The quantitative estimate of drug-likeness (QED) is 0.821. The first-order valence-corrected chi connectivity index (χ1v) is 8.70. The van der Waals surface area contributed by atoms with Gasteiger partial charge < -0.3 is 5.32 Å². The van der Waals surface area contributed by atoms with Crippen molar-refractivity contribution in [2.75, 3.05) is 24.6 Å². The van der Waals surface area contributed by atoms with Crippen molar-refractivity contribution in [2.45, 2.75) is 58.7 Å². The van der Waals surface area contributed by atoms with E-state index >= 15 is 0 Å². The first-order valence-electron chi connectivity index (χ1n) is 6.88. The molecule has 2 unspecified atom stereocenters. The van der Waals surface area contributed by atoms with Crippen LogP contribution in [0, 0.1) is 0 Å². The summed E-state index contributed by atoms with van der Waals surface area (Å²) in [6.45, 7) is 12.3. The Labute approximate surface area is 112 Å². The minimum atomic E-state index is -2.81. The summed E-state index contributed by atoms with van der Waals surface area (Å²) in [5, 5.41) is 3.56. The monoisotopic (exact) mass is 276 g/mol. The van der Waals surface area contributed by atoms with Crippen LogP contribution >= 0.6 is 0 Å². The molecular formula is C13H28N2O2S. The van der Waals surface area contributed by atoms with Gasteiger partial charge in [0.15, 0.2) is 9.84 Å². The van der Waals surface area contributed by atoms with Crippen molar-refractivity contribution >= 4 is 9.84 Å². The van der Waals surface area contributed by atoms with Crippen molar-refractivity contribution in [3.63, 3.8) is 0 Å². The van der Waals surface area contributed by atoms with Gasteiger partial charge >= 0.3 is 0 Å². The fourth-order valence-corrected chi connectivity index (χ4v) is 3.91. The van der Waals surface area contributed by atoms with E-state index in [0.717, 1.165) is 13.0 Å². The number of rotatable bonds is 5. The van der Waals surface area contributed by atoms with Gasteiger partial charge in [-0.2, -0.15) is 0 Å². The van der Waals surface area contributed by atoms with Crippen LogP contribution in [-0.2, 0) is 9.84 Å². The van der Waals surface area contributed by atoms with Gasteiger partial charge in [0.25, 0.3) is 0 Å². The second kappa shape index (κ2) is 5.88. The summed E-state index contributed by atoms with van der Waals surface area (Å²) in [6.07, 6.45) is 1.09. The van der Waals surface area contributed by atoms with E-state index < -0.39 is 9.84 Å². The predicted octanol–water partition coefficient (Wildman–Crippen LogP) is 1.27. The molecule has 5 heteroatoms. The highest BCUT2D eigenvalue weighted by Gasteiger charge is 2.31. The highest BCUT2D eigenvalue weighted by Crippen LogP contribution is 2.15. The molecule has 1 aliphatic heterocycles. The minimum Gasteiger partial charge on any atom is -0.310 e. The smallest absolute Gasteiger partial charge is 0.153 e. The maximum Gasteiger partial charge on any atom is 0.153 e. The number of hydrogen-bond donors (Lipinski definition) is 1. The lowest BCUT2D eigenvalue weighted by Gasteiger charge is -2.39. The van der Waals surface area contributed by atoms with E-state index in [9.17, 15) is 8.42 Å². The average molecular weight is 276 g/mol. The molecule has 1 heterocycles. The highest BCUT2D eigenvalue weighted by atomic mass is 32.2. The third kappa shape index (κ3) is 4.52. The molecule has 0 radical (unpaired) electrons. The Kier molecular flexibility index (Phi) is 5.21. The Morgan fingerprint density at radius 3 is 2.56 bits per heavy atom. The van der Waals surface area contributed by atoms with Crippen molar-refractivity contribution in [3.05, 3.63) is 0 Å². The molecule has 1 saturated heterocycles. The van der Waals surface area contributed by atoms with Crippen LogP contribution in [0.5, 0.6) is 0 Å². The van der Waals surface area contributed by atoms with Crippen LogP contribution in [-0.4, -0.2) is 55.5 Å². The molecule has 0 aromatic heterocycles. The molecule has 1 fully saturated rings. The SMILES string of the molecule is CCC(C)(C)NCC(C)N1CCS(=O)(=O)CC1C. The van der Waals surface area contributed by atoms with Gasteiger partial charge in [-0.1, -0.05) is 6.92 Å². The summed E-state index contributed by atoms with van der Waals surface area (Å²) in [5.74, 6) is 0.605. The van der Waals surface area contributed by atoms with Gasteiger partial charge in [-0.05, 0) is 34.1 Å². The molecule has 18 heavy (non-hydrogen) atoms. The third-order valence-electron chi connectivity index (χ3n) is 4.05. The molecule has 0 aliphatic carbocycles. The van der Waals surface area contributed by atoms with Crippen molar-refractivity contribution in [2.24, 2.45) is 0 Å². The predicted molar refractivity (Wildman–Crippen MR) is 76.7 cm³/mol. The summed E-state index contributed by atoms with van der Waals surface area (Å²) in [7, 11) is -2.81. The maximum absolute atomic E-state index is 11.6. The lowest BCUT2D eigenvalue weighted by molar-refractivity contribution is 0.156. The standard InChI is InChI=1S/C13H28N2O2S/c1-6-13(4,5)14-9-11(2)15-7-8-18(16,17)10-12(15)3/h11-12,14H,6-10H2,1-5H3. The molecule has 0 aromatic rings. The van der Waals surface area contributed by atoms with Crippen LogP contribution in [0.1, 0.15) is 41.0 Å². The van der Waals surface area contributed by atoms with E-state index in [4.69, 9.17) is 0 Å². The molecule has 4 nitrogen and oxygen atoms in total.